The van der Waals surface area contributed by atoms with E-state index in [1.807, 2.05) is 39.8 Å². The number of carbonyl (C=O) groups is 1. The summed E-state index contributed by atoms with van der Waals surface area (Å²) < 4.78 is 11.8. The molecule has 3 rings (SSSR count). The Hall–Kier alpha value is -1.98. The van der Waals surface area contributed by atoms with Crippen LogP contribution < -0.4 is 9.64 Å². The average Bonchev–Trinajstić information content (AvgIpc) is 2.95. The molecule has 1 fully saturated rings. The molecule has 0 bridgehead atoms. The molecule has 3 heterocycles. The molecule has 24 heavy (non-hydrogen) atoms. The number of likely N-dealkylation sites (tertiary alicyclic amines) is 1. The number of pyridine rings is 1. The largest absolute Gasteiger partial charge is 0.483 e. The van der Waals surface area contributed by atoms with Gasteiger partial charge in [0.15, 0.2) is 0 Å². The number of hydrogen-bond acceptors (Lipinski definition) is 5. The van der Waals surface area contributed by atoms with Gasteiger partial charge >= 0.3 is 6.09 Å². The van der Waals surface area contributed by atoms with Crippen molar-refractivity contribution in [1.82, 2.24) is 9.88 Å². The summed E-state index contributed by atoms with van der Waals surface area (Å²) >= 11 is 0. The maximum absolute atomic E-state index is 12.5. The summed E-state index contributed by atoms with van der Waals surface area (Å²) in [5.74, 6) is 1.75. The third kappa shape index (κ3) is 3.14. The summed E-state index contributed by atoms with van der Waals surface area (Å²) in [6.45, 7) is 8.26. The fraction of sp³-hybridized carbons (Fsp3) is 0.667. The Kier molecular flexibility index (Phi) is 3.89. The van der Waals surface area contributed by atoms with Gasteiger partial charge in [0.25, 0.3) is 0 Å². The second-order valence-electron chi connectivity index (χ2n) is 8.17. The van der Waals surface area contributed by atoms with E-state index in [4.69, 9.17) is 9.47 Å². The van der Waals surface area contributed by atoms with Crippen LogP contribution in [0, 0.1) is 0 Å². The number of ether oxygens (including phenoxy) is 2. The van der Waals surface area contributed by atoms with Gasteiger partial charge in [-0.1, -0.05) is 0 Å². The van der Waals surface area contributed by atoms with Crippen LogP contribution >= 0.6 is 0 Å². The van der Waals surface area contributed by atoms with Crippen molar-refractivity contribution in [3.8, 4) is 5.75 Å². The van der Waals surface area contributed by atoms with E-state index in [1.54, 1.807) is 11.1 Å². The van der Waals surface area contributed by atoms with Crippen molar-refractivity contribution in [2.75, 3.05) is 25.5 Å². The fourth-order valence-corrected chi connectivity index (χ4v) is 3.51. The summed E-state index contributed by atoms with van der Waals surface area (Å²) in [6, 6.07) is 2.17. The number of rotatable bonds is 1. The Labute approximate surface area is 143 Å². The average molecular weight is 333 g/mol. The van der Waals surface area contributed by atoms with E-state index in [2.05, 4.69) is 18.0 Å². The van der Waals surface area contributed by atoms with E-state index in [-0.39, 0.29) is 17.7 Å². The van der Waals surface area contributed by atoms with Crippen molar-refractivity contribution in [2.24, 2.45) is 0 Å². The molecular weight excluding hydrogens is 306 g/mol. The lowest BCUT2D eigenvalue weighted by Crippen LogP contribution is -2.42. The molecule has 2 aliphatic rings. The Bertz CT molecular complexity index is 653. The van der Waals surface area contributed by atoms with Crippen LogP contribution in [-0.2, 0) is 11.2 Å². The van der Waals surface area contributed by atoms with Gasteiger partial charge in [0.05, 0.1) is 12.7 Å². The minimum absolute atomic E-state index is 0.0930. The molecule has 0 aromatic carbocycles. The molecule has 1 saturated heterocycles. The molecule has 1 aromatic heterocycles. The monoisotopic (exact) mass is 333 g/mol. The predicted octanol–water partition coefficient (Wildman–Crippen LogP) is 2.85. The molecule has 0 saturated carbocycles. The topological polar surface area (TPSA) is 54.9 Å². The Morgan fingerprint density at radius 2 is 2.17 bits per heavy atom. The Morgan fingerprint density at radius 3 is 2.79 bits per heavy atom. The van der Waals surface area contributed by atoms with Crippen molar-refractivity contribution in [3.05, 3.63) is 17.8 Å². The zero-order chi connectivity index (χ0) is 17.7. The second kappa shape index (κ2) is 5.53. The Balaban J connectivity index is 1.76. The summed E-state index contributed by atoms with van der Waals surface area (Å²) in [7, 11) is 3.95. The number of amides is 1. The molecule has 132 valence electrons. The third-order valence-corrected chi connectivity index (χ3v) is 4.52. The van der Waals surface area contributed by atoms with E-state index < -0.39 is 5.60 Å². The molecule has 2 aliphatic heterocycles. The zero-order valence-electron chi connectivity index (χ0n) is 15.4. The van der Waals surface area contributed by atoms with Gasteiger partial charge < -0.3 is 19.3 Å². The van der Waals surface area contributed by atoms with Crippen LogP contribution in [0.4, 0.5) is 10.6 Å². The van der Waals surface area contributed by atoms with Crippen LogP contribution in [0.2, 0.25) is 0 Å². The molecule has 1 spiro atoms. The number of anilines is 1. The van der Waals surface area contributed by atoms with Gasteiger partial charge in [0.1, 0.15) is 22.8 Å². The highest BCUT2D eigenvalue weighted by atomic mass is 16.6. The lowest BCUT2D eigenvalue weighted by Gasteiger charge is -2.27. The Morgan fingerprint density at radius 1 is 1.46 bits per heavy atom. The number of aromatic nitrogens is 1. The highest BCUT2D eigenvalue weighted by Gasteiger charge is 2.50. The highest BCUT2D eigenvalue weighted by Crippen LogP contribution is 2.43. The molecule has 1 amide bonds. The standard InChI is InChI=1S/C18H27N3O3/c1-12-8-18(11-21(12)16(22)24-17(2,3)4)9-13-7-15(20(5)6)19-10-14(13)23-18/h7,10,12H,8-9,11H2,1-6H3/t12-,18-/m0/s1. The van der Waals surface area contributed by atoms with Crippen molar-refractivity contribution in [3.63, 3.8) is 0 Å². The van der Waals surface area contributed by atoms with Gasteiger partial charge in [-0.25, -0.2) is 9.78 Å². The van der Waals surface area contributed by atoms with Gasteiger partial charge in [-0.3, -0.25) is 0 Å². The van der Waals surface area contributed by atoms with Gasteiger partial charge in [-0.05, 0) is 33.8 Å². The van der Waals surface area contributed by atoms with Crippen LogP contribution in [0.3, 0.4) is 0 Å². The summed E-state index contributed by atoms with van der Waals surface area (Å²) in [5.41, 5.74) is 0.314. The molecule has 0 aliphatic carbocycles. The molecule has 0 N–H and O–H groups in total. The van der Waals surface area contributed by atoms with Gasteiger partial charge in [0.2, 0.25) is 0 Å². The first-order valence-electron chi connectivity index (χ1n) is 8.43. The van der Waals surface area contributed by atoms with Crippen LogP contribution in [0.1, 0.15) is 39.7 Å². The van der Waals surface area contributed by atoms with Gasteiger partial charge in [0, 0.05) is 38.5 Å². The first-order chi connectivity index (χ1) is 11.1. The quantitative estimate of drug-likeness (QED) is 0.791. The molecule has 6 nitrogen and oxygen atoms in total. The van der Waals surface area contributed by atoms with Crippen molar-refractivity contribution in [1.29, 1.82) is 0 Å². The summed E-state index contributed by atoms with van der Waals surface area (Å²) in [6.07, 6.45) is 3.13. The lowest BCUT2D eigenvalue weighted by atomic mass is 9.95. The second-order valence-corrected chi connectivity index (χ2v) is 8.17. The number of fused-ring (bicyclic) bond motifs is 1. The smallest absolute Gasteiger partial charge is 0.410 e. The zero-order valence-corrected chi connectivity index (χ0v) is 15.4. The molecule has 0 radical (unpaired) electrons. The summed E-state index contributed by atoms with van der Waals surface area (Å²) in [5, 5.41) is 0. The summed E-state index contributed by atoms with van der Waals surface area (Å²) in [4.78, 5) is 20.6. The first-order valence-corrected chi connectivity index (χ1v) is 8.43. The van der Waals surface area contributed by atoms with E-state index >= 15 is 0 Å². The number of nitrogens with zero attached hydrogens (tertiary/aromatic N) is 3. The van der Waals surface area contributed by atoms with Crippen LogP contribution in [-0.4, -0.2) is 53.9 Å². The minimum atomic E-state index is -0.489. The molecule has 2 atom stereocenters. The maximum Gasteiger partial charge on any atom is 0.410 e. The fourth-order valence-electron chi connectivity index (χ4n) is 3.51. The molecule has 0 unspecified atom stereocenters. The van der Waals surface area contributed by atoms with Crippen molar-refractivity contribution in [2.45, 2.75) is 57.8 Å². The highest BCUT2D eigenvalue weighted by molar-refractivity contribution is 5.69. The van der Waals surface area contributed by atoms with E-state index in [0.29, 0.717) is 6.54 Å². The van der Waals surface area contributed by atoms with Gasteiger partial charge in [-0.15, -0.1) is 0 Å². The molecule has 1 aromatic rings. The molecular formula is C18H27N3O3. The van der Waals surface area contributed by atoms with Crippen molar-refractivity contribution >= 4 is 11.9 Å². The predicted molar refractivity (Wildman–Crippen MR) is 92.6 cm³/mol. The van der Waals surface area contributed by atoms with E-state index in [1.165, 1.54) is 0 Å². The van der Waals surface area contributed by atoms with Crippen LogP contribution in [0.5, 0.6) is 5.75 Å². The third-order valence-electron chi connectivity index (χ3n) is 4.52. The van der Waals surface area contributed by atoms with Crippen LogP contribution in [0.15, 0.2) is 12.3 Å². The van der Waals surface area contributed by atoms with E-state index in [9.17, 15) is 4.79 Å². The lowest BCUT2D eigenvalue weighted by molar-refractivity contribution is 0.0191. The van der Waals surface area contributed by atoms with E-state index in [0.717, 1.165) is 30.0 Å². The van der Waals surface area contributed by atoms with Crippen molar-refractivity contribution < 1.29 is 14.3 Å². The SMILES string of the molecule is C[C@H]1C[C@]2(Cc3cc(N(C)C)ncc3O2)CN1C(=O)OC(C)(C)C. The first kappa shape index (κ1) is 16.9. The van der Waals surface area contributed by atoms with Gasteiger partial charge in [-0.2, -0.15) is 0 Å². The normalized spacial score (nSPS) is 25.6. The molecule has 6 heteroatoms. The maximum atomic E-state index is 12.5. The number of carbonyl (C=O) groups excluding carboxylic acids is 1. The van der Waals surface area contributed by atoms with Crippen LogP contribution in [0.25, 0.3) is 0 Å². The number of hydrogen-bond donors (Lipinski definition) is 0. The minimum Gasteiger partial charge on any atom is -0.483 e.